The van der Waals surface area contributed by atoms with Crippen molar-refractivity contribution in [1.29, 1.82) is 0 Å². The van der Waals surface area contributed by atoms with Crippen LogP contribution in [0.5, 0.6) is 0 Å². The lowest BCUT2D eigenvalue weighted by atomic mass is 10.5. The molecule has 7 heteroatoms. The second kappa shape index (κ2) is 4.80. The summed E-state index contributed by atoms with van der Waals surface area (Å²) in [7, 11) is -1.64. The average molecular weight is 207 g/mol. The Kier molecular flexibility index (Phi) is 4.39. The Labute approximate surface area is 77.3 Å². The zero-order valence-electron chi connectivity index (χ0n) is 7.79. The maximum Gasteiger partial charge on any atom is 0.334 e. The summed E-state index contributed by atoms with van der Waals surface area (Å²) in [6, 6.07) is -0.479. The summed E-state index contributed by atoms with van der Waals surface area (Å²) >= 11 is 0. The zero-order chi connectivity index (χ0) is 10.5. The number of amides is 2. The molecule has 0 fully saturated rings. The van der Waals surface area contributed by atoms with Crippen molar-refractivity contribution in [2.75, 3.05) is 19.1 Å². The molecular weight excluding hydrogens is 194 g/mol. The van der Waals surface area contributed by atoms with Gasteiger partial charge in [0.25, 0.3) is 0 Å². The summed E-state index contributed by atoms with van der Waals surface area (Å²) in [5.41, 5.74) is 2.47. The van der Waals surface area contributed by atoms with Crippen LogP contribution in [0.3, 0.4) is 0 Å². The second-order valence-corrected chi connectivity index (χ2v) is 4.75. The van der Waals surface area contributed by atoms with Gasteiger partial charge in [0.05, 0.1) is 11.5 Å². The molecule has 2 amide bonds. The van der Waals surface area contributed by atoms with Crippen LogP contribution in [0.4, 0.5) is 4.79 Å². The van der Waals surface area contributed by atoms with Crippen LogP contribution in [-0.2, 0) is 9.84 Å². The Morgan fingerprint density at radius 1 is 1.46 bits per heavy atom. The Balaban J connectivity index is 4.12. The minimum atomic E-state index is -3.08. The van der Waals surface area contributed by atoms with Crippen LogP contribution in [-0.4, -0.2) is 39.2 Å². The van der Waals surface area contributed by atoms with Crippen LogP contribution in [0.25, 0.3) is 0 Å². The molecule has 13 heavy (non-hydrogen) atoms. The van der Waals surface area contributed by atoms with E-state index in [9.17, 15) is 13.2 Å². The average Bonchev–Trinajstić information content (AvgIpc) is 1.97. The second-order valence-electron chi connectivity index (χ2n) is 2.61. The highest BCUT2D eigenvalue weighted by Crippen LogP contribution is 1.85. The van der Waals surface area contributed by atoms with E-state index < -0.39 is 15.9 Å². The molecule has 0 aliphatic carbocycles. The van der Waals surface area contributed by atoms with Crippen molar-refractivity contribution in [3.63, 3.8) is 0 Å². The van der Waals surface area contributed by atoms with E-state index in [1.165, 1.54) is 14.0 Å². The molecule has 0 heterocycles. The molecule has 0 aromatic heterocycles. The topological polar surface area (TPSA) is 87.6 Å². The van der Waals surface area contributed by atoms with Gasteiger partial charge in [-0.1, -0.05) is 0 Å². The SMILES string of the molecule is CNC(=O)N/N=C(\C)CS(C)(=O)=O. The number of nitrogens with zero attached hydrogens (tertiary/aromatic N) is 1. The molecule has 0 radical (unpaired) electrons. The van der Waals surface area contributed by atoms with E-state index in [1.807, 2.05) is 0 Å². The number of rotatable bonds is 3. The van der Waals surface area contributed by atoms with Crippen molar-refractivity contribution in [2.24, 2.45) is 5.10 Å². The summed E-state index contributed by atoms with van der Waals surface area (Å²) in [6.45, 7) is 1.52. The lowest BCUT2D eigenvalue weighted by Gasteiger charge is -2.00. The Morgan fingerprint density at radius 3 is 2.38 bits per heavy atom. The quantitative estimate of drug-likeness (QED) is 0.475. The van der Waals surface area contributed by atoms with Gasteiger partial charge in [0.1, 0.15) is 0 Å². The fourth-order valence-corrected chi connectivity index (χ4v) is 1.44. The molecule has 6 nitrogen and oxygen atoms in total. The van der Waals surface area contributed by atoms with E-state index in [1.54, 1.807) is 0 Å². The van der Waals surface area contributed by atoms with Gasteiger partial charge in [0.2, 0.25) is 0 Å². The van der Waals surface area contributed by atoms with Crippen molar-refractivity contribution in [2.45, 2.75) is 6.92 Å². The van der Waals surface area contributed by atoms with Gasteiger partial charge in [-0.3, -0.25) is 0 Å². The molecule has 0 atom stereocenters. The van der Waals surface area contributed by atoms with Crippen LogP contribution in [0.1, 0.15) is 6.92 Å². The fraction of sp³-hybridized carbons (Fsp3) is 0.667. The summed E-state index contributed by atoms with van der Waals surface area (Å²) < 4.78 is 21.5. The number of carbonyl (C=O) groups excluding carboxylic acids is 1. The minimum Gasteiger partial charge on any atom is -0.340 e. The first-order valence-corrected chi connectivity index (χ1v) is 5.60. The predicted molar refractivity (Wildman–Crippen MR) is 50.4 cm³/mol. The monoisotopic (exact) mass is 207 g/mol. The van der Waals surface area contributed by atoms with Crippen LogP contribution < -0.4 is 10.7 Å². The molecule has 0 aromatic carbocycles. The number of hydrogen-bond donors (Lipinski definition) is 2. The maximum absolute atomic E-state index is 10.7. The molecule has 0 spiro atoms. The minimum absolute atomic E-state index is 0.156. The fourth-order valence-electron chi connectivity index (χ4n) is 0.614. The summed E-state index contributed by atoms with van der Waals surface area (Å²) in [6.07, 6.45) is 1.10. The third-order valence-corrected chi connectivity index (χ3v) is 1.99. The molecule has 0 saturated heterocycles. The van der Waals surface area contributed by atoms with Crippen molar-refractivity contribution < 1.29 is 13.2 Å². The normalized spacial score (nSPS) is 12.4. The van der Waals surface area contributed by atoms with Gasteiger partial charge in [-0.25, -0.2) is 18.6 Å². The molecule has 0 aliphatic rings. The molecule has 0 aromatic rings. The van der Waals surface area contributed by atoms with Gasteiger partial charge in [0.15, 0.2) is 9.84 Å². The highest BCUT2D eigenvalue weighted by molar-refractivity contribution is 7.91. The van der Waals surface area contributed by atoms with E-state index >= 15 is 0 Å². The number of sulfone groups is 1. The van der Waals surface area contributed by atoms with Crippen LogP contribution >= 0.6 is 0 Å². The third kappa shape index (κ3) is 7.26. The van der Waals surface area contributed by atoms with Crippen LogP contribution in [0.2, 0.25) is 0 Å². The largest absolute Gasteiger partial charge is 0.340 e. The molecule has 2 N–H and O–H groups in total. The van der Waals surface area contributed by atoms with Crippen LogP contribution in [0.15, 0.2) is 5.10 Å². The zero-order valence-corrected chi connectivity index (χ0v) is 8.60. The standard InChI is InChI=1S/C6H13N3O3S/c1-5(4-13(3,11)12)8-9-6(10)7-2/h4H2,1-3H3,(H2,7,9,10)/b8-5+. The van der Waals surface area contributed by atoms with Gasteiger partial charge in [-0.05, 0) is 6.92 Å². The number of carbonyl (C=O) groups is 1. The first kappa shape index (κ1) is 11.9. The van der Waals surface area contributed by atoms with Crippen molar-refractivity contribution in [3.05, 3.63) is 0 Å². The Hall–Kier alpha value is -1.11. The molecule has 76 valence electrons. The van der Waals surface area contributed by atoms with E-state index in [-0.39, 0.29) is 5.75 Å². The smallest absolute Gasteiger partial charge is 0.334 e. The summed E-state index contributed by atoms with van der Waals surface area (Å²) in [5, 5.41) is 5.83. The molecule has 0 bridgehead atoms. The molecule has 0 rings (SSSR count). The van der Waals surface area contributed by atoms with Crippen molar-refractivity contribution in [3.8, 4) is 0 Å². The van der Waals surface area contributed by atoms with Gasteiger partial charge >= 0.3 is 6.03 Å². The predicted octanol–water partition coefficient (Wildman–Crippen LogP) is -0.664. The lowest BCUT2D eigenvalue weighted by Crippen LogP contribution is -2.30. The number of hydrogen-bond acceptors (Lipinski definition) is 4. The van der Waals surface area contributed by atoms with E-state index in [0.29, 0.717) is 5.71 Å². The Bertz CT molecular complexity index is 307. The first-order valence-electron chi connectivity index (χ1n) is 3.54. The van der Waals surface area contributed by atoms with Crippen LogP contribution in [0, 0.1) is 0 Å². The first-order chi connectivity index (χ1) is 5.85. The molecule has 0 aliphatic heterocycles. The maximum atomic E-state index is 10.7. The summed E-state index contributed by atoms with van der Waals surface area (Å²) in [4.78, 5) is 10.6. The van der Waals surface area contributed by atoms with Gasteiger partial charge in [-0.15, -0.1) is 0 Å². The molecule has 0 saturated carbocycles. The lowest BCUT2D eigenvalue weighted by molar-refractivity contribution is 0.243. The number of hydrazone groups is 1. The van der Waals surface area contributed by atoms with E-state index in [2.05, 4.69) is 15.8 Å². The highest BCUT2D eigenvalue weighted by atomic mass is 32.2. The molecule has 0 unspecified atom stereocenters. The van der Waals surface area contributed by atoms with Gasteiger partial charge in [0, 0.05) is 13.3 Å². The third-order valence-electron chi connectivity index (χ3n) is 1.05. The number of urea groups is 1. The Morgan fingerprint density at radius 2 is 2.00 bits per heavy atom. The van der Waals surface area contributed by atoms with Crippen molar-refractivity contribution in [1.82, 2.24) is 10.7 Å². The van der Waals surface area contributed by atoms with Gasteiger partial charge in [-0.2, -0.15) is 5.10 Å². The highest BCUT2D eigenvalue weighted by Gasteiger charge is 2.04. The van der Waals surface area contributed by atoms with Gasteiger partial charge < -0.3 is 5.32 Å². The molecular formula is C6H13N3O3S. The van der Waals surface area contributed by atoms with E-state index in [4.69, 9.17) is 0 Å². The van der Waals surface area contributed by atoms with E-state index in [0.717, 1.165) is 6.26 Å². The van der Waals surface area contributed by atoms with Crippen molar-refractivity contribution >= 4 is 21.6 Å². The number of nitrogens with one attached hydrogen (secondary N) is 2. The summed E-state index contributed by atoms with van der Waals surface area (Å²) in [5.74, 6) is -0.156.